The Morgan fingerprint density at radius 2 is 1.87 bits per heavy atom. The summed E-state index contributed by atoms with van der Waals surface area (Å²) in [6.07, 6.45) is 6.88. The Balaban J connectivity index is 1.75. The van der Waals surface area contributed by atoms with Gasteiger partial charge in [0.25, 0.3) is 0 Å². The van der Waals surface area contributed by atoms with E-state index in [9.17, 15) is 9.90 Å². The first-order valence-electron chi connectivity index (χ1n) is 8.75. The molecular formula is C20H27NO2. The van der Waals surface area contributed by atoms with Crippen LogP contribution in [0.3, 0.4) is 0 Å². The van der Waals surface area contributed by atoms with Crippen molar-refractivity contribution in [1.29, 1.82) is 0 Å². The van der Waals surface area contributed by atoms with Gasteiger partial charge in [-0.3, -0.25) is 4.79 Å². The standard InChI is InChI=1S/C20H27NO2/c1-3-20(23,19(2)11-7-8-12-19)15-21-14-17(13-18(21)22)16-9-5-4-6-10-16/h4-6,9-10,13,23H,3,7-8,11-12,14-15H2,1-2H3/t20-/m1/s1. The van der Waals surface area contributed by atoms with Crippen LogP contribution < -0.4 is 0 Å². The molecule has 1 heterocycles. The van der Waals surface area contributed by atoms with Crippen LogP contribution in [0.4, 0.5) is 0 Å². The number of carbonyl (C=O) groups excluding carboxylic acids is 1. The van der Waals surface area contributed by atoms with Crippen LogP contribution in [0.1, 0.15) is 51.5 Å². The van der Waals surface area contributed by atoms with Gasteiger partial charge in [0.2, 0.25) is 5.91 Å². The van der Waals surface area contributed by atoms with Crippen molar-refractivity contribution in [2.24, 2.45) is 5.41 Å². The largest absolute Gasteiger partial charge is 0.387 e. The molecule has 1 N–H and O–H groups in total. The van der Waals surface area contributed by atoms with Crippen molar-refractivity contribution >= 4 is 11.5 Å². The second kappa shape index (κ2) is 6.12. The topological polar surface area (TPSA) is 40.5 Å². The molecule has 1 saturated carbocycles. The van der Waals surface area contributed by atoms with Gasteiger partial charge in [-0.2, -0.15) is 0 Å². The minimum absolute atomic E-state index is 0.0253. The van der Waals surface area contributed by atoms with Crippen molar-refractivity contribution in [1.82, 2.24) is 4.90 Å². The average Bonchev–Trinajstić information content (AvgIpc) is 3.16. The Morgan fingerprint density at radius 1 is 1.22 bits per heavy atom. The van der Waals surface area contributed by atoms with Crippen LogP contribution in [-0.2, 0) is 4.79 Å². The Kier molecular flexibility index (Phi) is 4.33. The zero-order chi connectivity index (χ0) is 16.5. The van der Waals surface area contributed by atoms with E-state index in [1.54, 1.807) is 6.08 Å². The zero-order valence-corrected chi connectivity index (χ0v) is 14.2. The lowest BCUT2D eigenvalue weighted by molar-refractivity contribution is -0.135. The van der Waals surface area contributed by atoms with E-state index in [0.29, 0.717) is 19.5 Å². The first-order valence-corrected chi connectivity index (χ1v) is 8.75. The highest BCUT2D eigenvalue weighted by atomic mass is 16.3. The van der Waals surface area contributed by atoms with Crippen molar-refractivity contribution in [2.75, 3.05) is 13.1 Å². The Labute approximate surface area is 139 Å². The van der Waals surface area contributed by atoms with Gasteiger partial charge in [-0.25, -0.2) is 0 Å². The van der Waals surface area contributed by atoms with Gasteiger partial charge in [-0.1, -0.05) is 57.0 Å². The summed E-state index contributed by atoms with van der Waals surface area (Å²) in [5, 5.41) is 11.3. The molecule has 1 aromatic rings. The number of amides is 1. The molecule has 1 aromatic carbocycles. The normalized spacial score (nSPS) is 23.0. The second-order valence-corrected chi connectivity index (χ2v) is 7.38. The highest BCUT2D eigenvalue weighted by Gasteiger charge is 2.48. The summed E-state index contributed by atoms with van der Waals surface area (Å²) in [6, 6.07) is 10.0. The number of aliphatic hydroxyl groups is 1. The van der Waals surface area contributed by atoms with Gasteiger partial charge in [-0.15, -0.1) is 0 Å². The van der Waals surface area contributed by atoms with Crippen molar-refractivity contribution in [2.45, 2.75) is 51.6 Å². The zero-order valence-electron chi connectivity index (χ0n) is 14.2. The maximum atomic E-state index is 12.4. The van der Waals surface area contributed by atoms with E-state index in [4.69, 9.17) is 0 Å². The van der Waals surface area contributed by atoms with Crippen LogP contribution in [0.2, 0.25) is 0 Å². The summed E-state index contributed by atoms with van der Waals surface area (Å²) in [4.78, 5) is 14.2. The van der Waals surface area contributed by atoms with Crippen molar-refractivity contribution in [3.63, 3.8) is 0 Å². The van der Waals surface area contributed by atoms with E-state index < -0.39 is 5.60 Å². The molecule has 0 unspecified atom stereocenters. The quantitative estimate of drug-likeness (QED) is 0.901. The number of hydrogen-bond donors (Lipinski definition) is 1. The molecule has 23 heavy (non-hydrogen) atoms. The fraction of sp³-hybridized carbons (Fsp3) is 0.550. The van der Waals surface area contributed by atoms with E-state index in [1.807, 2.05) is 42.2 Å². The average molecular weight is 313 g/mol. The molecule has 0 radical (unpaired) electrons. The molecule has 1 amide bonds. The lowest BCUT2D eigenvalue weighted by Crippen LogP contribution is -2.53. The Bertz CT molecular complexity index is 601. The molecule has 3 heteroatoms. The maximum Gasteiger partial charge on any atom is 0.247 e. The molecule has 3 nitrogen and oxygen atoms in total. The van der Waals surface area contributed by atoms with Gasteiger partial charge in [-0.05, 0) is 35.8 Å². The molecule has 1 aliphatic carbocycles. The number of carbonyl (C=O) groups is 1. The summed E-state index contributed by atoms with van der Waals surface area (Å²) in [5.41, 5.74) is 1.28. The highest BCUT2D eigenvalue weighted by molar-refractivity contribution is 6.00. The van der Waals surface area contributed by atoms with Gasteiger partial charge in [0.1, 0.15) is 0 Å². The minimum Gasteiger partial charge on any atom is -0.387 e. The predicted octanol–water partition coefficient (Wildman–Crippen LogP) is 3.63. The summed E-state index contributed by atoms with van der Waals surface area (Å²) in [5.74, 6) is 0.0253. The van der Waals surface area contributed by atoms with E-state index in [2.05, 4.69) is 6.92 Å². The lowest BCUT2D eigenvalue weighted by Gasteiger charge is -2.44. The van der Waals surface area contributed by atoms with Crippen molar-refractivity contribution < 1.29 is 9.90 Å². The number of rotatable bonds is 5. The summed E-state index contributed by atoms with van der Waals surface area (Å²) in [7, 11) is 0. The fourth-order valence-corrected chi connectivity index (χ4v) is 4.20. The fourth-order valence-electron chi connectivity index (χ4n) is 4.20. The molecule has 0 aromatic heterocycles. The van der Waals surface area contributed by atoms with Crippen LogP contribution >= 0.6 is 0 Å². The monoisotopic (exact) mass is 313 g/mol. The van der Waals surface area contributed by atoms with Crippen molar-refractivity contribution in [3.8, 4) is 0 Å². The Hall–Kier alpha value is -1.61. The molecule has 124 valence electrons. The number of hydrogen-bond acceptors (Lipinski definition) is 2. The van der Waals surface area contributed by atoms with Crippen LogP contribution in [0.15, 0.2) is 36.4 Å². The minimum atomic E-state index is -0.793. The third kappa shape index (κ3) is 2.94. The van der Waals surface area contributed by atoms with Crippen molar-refractivity contribution in [3.05, 3.63) is 42.0 Å². The van der Waals surface area contributed by atoms with Crippen LogP contribution in [0, 0.1) is 5.41 Å². The SMILES string of the molecule is CC[C@@](O)(CN1CC(c2ccccc2)=CC1=O)C1(C)CCCC1. The number of β-amino-alcohol motifs (C(OH)–C–C–N with tert-alkyl or cyclic N) is 1. The Morgan fingerprint density at radius 3 is 2.48 bits per heavy atom. The second-order valence-electron chi connectivity index (χ2n) is 7.38. The molecule has 2 aliphatic rings. The van der Waals surface area contributed by atoms with Gasteiger partial charge < -0.3 is 10.0 Å². The first kappa shape index (κ1) is 16.3. The first-order chi connectivity index (χ1) is 11.0. The third-order valence-electron chi connectivity index (χ3n) is 5.98. The van der Waals surface area contributed by atoms with Crippen LogP contribution in [0.5, 0.6) is 0 Å². The predicted molar refractivity (Wildman–Crippen MR) is 92.8 cm³/mol. The number of benzene rings is 1. The van der Waals surface area contributed by atoms with E-state index in [-0.39, 0.29) is 11.3 Å². The van der Waals surface area contributed by atoms with Gasteiger partial charge in [0.15, 0.2) is 0 Å². The number of nitrogens with zero attached hydrogens (tertiary/aromatic N) is 1. The summed E-state index contributed by atoms with van der Waals surface area (Å²) in [6.45, 7) is 5.26. The summed E-state index contributed by atoms with van der Waals surface area (Å²) >= 11 is 0. The smallest absolute Gasteiger partial charge is 0.247 e. The highest BCUT2D eigenvalue weighted by Crippen LogP contribution is 2.48. The van der Waals surface area contributed by atoms with Gasteiger partial charge >= 0.3 is 0 Å². The molecule has 1 aliphatic heterocycles. The summed E-state index contributed by atoms with van der Waals surface area (Å²) < 4.78 is 0. The van der Waals surface area contributed by atoms with Crippen LogP contribution in [0.25, 0.3) is 5.57 Å². The molecule has 0 bridgehead atoms. The van der Waals surface area contributed by atoms with E-state index >= 15 is 0 Å². The third-order valence-corrected chi connectivity index (χ3v) is 5.98. The molecule has 0 saturated heterocycles. The molecule has 3 rings (SSSR count). The molecular weight excluding hydrogens is 286 g/mol. The molecule has 1 fully saturated rings. The lowest BCUT2D eigenvalue weighted by atomic mass is 9.70. The van der Waals surface area contributed by atoms with Crippen LogP contribution in [-0.4, -0.2) is 34.6 Å². The molecule has 0 spiro atoms. The van der Waals surface area contributed by atoms with E-state index in [1.165, 1.54) is 12.8 Å². The van der Waals surface area contributed by atoms with Gasteiger partial charge in [0, 0.05) is 12.6 Å². The molecule has 1 atom stereocenters. The van der Waals surface area contributed by atoms with E-state index in [0.717, 1.165) is 24.0 Å². The van der Waals surface area contributed by atoms with Gasteiger partial charge in [0.05, 0.1) is 12.1 Å². The maximum absolute atomic E-state index is 12.4.